The van der Waals surface area contributed by atoms with Crippen molar-refractivity contribution < 1.29 is 4.43 Å². The molecule has 0 N–H and O–H groups in total. The van der Waals surface area contributed by atoms with Gasteiger partial charge in [-0.05, 0) is 50.5 Å². The van der Waals surface area contributed by atoms with Crippen molar-refractivity contribution in [3.05, 3.63) is 60.7 Å². The van der Waals surface area contributed by atoms with E-state index >= 15 is 0 Å². The quantitative estimate of drug-likeness (QED) is 0.452. The van der Waals surface area contributed by atoms with Gasteiger partial charge in [-0.15, -0.1) is 0 Å². The minimum atomic E-state index is -1.80. The van der Waals surface area contributed by atoms with Crippen LogP contribution in [0.4, 0.5) is 0 Å². The van der Waals surface area contributed by atoms with Gasteiger partial charge in [0.15, 0.2) is 8.32 Å². The number of benzene rings is 2. The molecule has 0 heterocycles. The summed E-state index contributed by atoms with van der Waals surface area (Å²) in [5.74, 6) is 0. The van der Waals surface area contributed by atoms with Crippen molar-refractivity contribution in [2.45, 2.75) is 58.4 Å². The smallest absolute Gasteiger partial charge is 0.192 e. The molecule has 1 nitrogen and oxygen atoms in total. The Morgan fingerprint density at radius 2 is 1.16 bits per heavy atom. The molecule has 2 aromatic carbocycles. The summed E-state index contributed by atoms with van der Waals surface area (Å²) in [7, 11) is -2.23. The fraction of sp³-hybridized carbons (Fsp3) is 0.455. The van der Waals surface area contributed by atoms with Gasteiger partial charge in [-0.3, -0.25) is 0 Å². The highest BCUT2D eigenvalue weighted by molar-refractivity contribution is 7.73. The van der Waals surface area contributed by atoms with Crippen molar-refractivity contribution in [2.75, 3.05) is 6.16 Å². The van der Waals surface area contributed by atoms with Crippen LogP contribution in [0.15, 0.2) is 60.7 Å². The molecule has 0 aliphatic heterocycles. The van der Waals surface area contributed by atoms with Crippen LogP contribution in [0.2, 0.25) is 18.1 Å². The van der Waals surface area contributed by atoms with Gasteiger partial charge in [-0.2, -0.15) is 0 Å². The van der Waals surface area contributed by atoms with E-state index in [1.165, 1.54) is 10.6 Å². The maximum atomic E-state index is 6.82. The van der Waals surface area contributed by atoms with E-state index in [1.54, 1.807) is 0 Å². The molecule has 0 unspecified atom stereocenters. The predicted octanol–water partition coefficient (Wildman–Crippen LogP) is 5.92. The molecule has 0 spiro atoms. The molecule has 2 rings (SSSR count). The van der Waals surface area contributed by atoms with Crippen LogP contribution in [0.3, 0.4) is 0 Å². The topological polar surface area (TPSA) is 9.23 Å². The normalized spacial score (nSPS) is 13.3. The zero-order chi connectivity index (χ0) is 18.7. The van der Waals surface area contributed by atoms with Gasteiger partial charge in [0.05, 0.1) is 5.60 Å². The highest BCUT2D eigenvalue weighted by Gasteiger charge is 2.42. The minimum absolute atomic E-state index is 0.139. The fourth-order valence-electron chi connectivity index (χ4n) is 2.80. The third-order valence-corrected chi connectivity index (χ3v) is 12.6. The minimum Gasteiger partial charge on any atom is -0.412 e. The van der Waals surface area contributed by atoms with E-state index in [4.69, 9.17) is 4.43 Å². The molecule has 0 radical (unpaired) electrons. The summed E-state index contributed by atoms with van der Waals surface area (Å²) in [5, 5.41) is 3.08. The van der Waals surface area contributed by atoms with Gasteiger partial charge in [0.25, 0.3) is 0 Å². The molecule has 0 fully saturated rings. The van der Waals surface area contributed by atoms with E-state index in [9.17, 15) is 0 Å². The Balaban J connectivity index is 2.30. The molecule has 2 aromatic rings. The average Bonchev–Trinajstić information content (AvgIpc) is 2.52. The third kappa shape index (κ3) is 5.51. The molecule has 25 heavy (non-hydrogen) atoms. The van der Waals surface area contributed by atoms with Crippen LogP contribution >= 0.6 is 7.92 Å². The summed E-state index contributed by atoms with van der Waals surface area (Å²) >= 11 is 0. The molecule has 136 valence electrons. The second-order valence-corrected chi connectivity index (χ2v) is 15.8. The van der Waals surface area contributed by atoms with Crippen LogP contribution in [-0.4, -0.2) is 20.1 Å². The van der Waals surface area contributed by atoms with Crippen LogP contribution in [0, 0.1) is 0 Å². The van der Waals surface area contributed by atoms with Gasteiger partial charge in [0.1, 0.15) is 0 Å². The van der Waals surface area contributed by atoms with Crippen molar-refractivity contribution in [3.8, 4) is 0 Å². The van der Waals surface area contributed by atoms with E-state index in [1.807, 2.05) is 0 Å². The summed E-state index contributed by atoms with van der Waals surface area (Å²) in [6.07, 6.45) is 1.04. The van der Waals surface area contributed by atoms with Crippen LogP contribution < -0.4 is 10.6 Å². The zero-order valence-corrected chi connectivity index (χ0v) is 18.7. The van der Waals surface area contributed by atoms with Crippen molar-refractivity contribution in [3.63, 3.8) is 0 Å². The van der Waals surface area contributed by atoms with Crippen molar-refractivity contribution >= 4 is 26.8 Å². The van der Waals surface area contributed by atoms with Gasteiger partial charge < -0.3 is 4.43 Å². The molecule has 0 bridgehead atoms. The van der Waals surface area contributed by atoms with Crippen molar-refractivity contribution in [1.82, 2.24) is 0 Å². The second kappa shape index (κ2) is 7.74. The van der Waals surface area contributed by atoms with Crippen molar-refractivity contribution in [1.29, 1.82) is 0 Å². The molecule has 0 atom stereocenters. The summed E-state index contributed by atoms with van der Waals surface area (Å²) in [5.41, 5.74) is -0.139. The Bertz CT molecular complexity index is 620. The SMILES string of the molecule is CC(C)(CP(c1ccccc1)c1ccccc1)O[Si](C)(C)C(C)(C)C. The second-order valence-electron chi connectivity index (χ2n) is 8.88. The average molecular weight is 373 g/mol. The van der Waals surface area contributed by atoms with Gasteiger partial charge in [-0.25, -0.2) is 0 Å². The van der Waals surface area contributed by atoms with Crippen LogP contribution in [0.5, 0.6) is 0 Å². The van der Waals surface area contributed by atoms with E-state index in [-0.39, 0.29) is 10.6 Å². The molecular weight excluding hydrogens is 339 g/mol. The first-order chi connectivity index (χ1) is 11.5. The van der Waals surface area contributed by atoms with Gasteiger partial charge in [0.2, 0.25) is 0 Å². The zero-order valence-electron chi connectivity index (χ0n) is 16.8. The molecule has 0 amide bonds. The Hall–Kier alpha value is -0.953. The number of hydrogen-bond donors (Lipinski definition) is 0. The lowest BCUT2D eigenvalue weighted by Crippen LogP contribution is -2.49. The Kier molecular flexibility index (Phi) is 6.30. The number of rotatable bonds is 6. The molecule has 0 saturated heterocycles. The maximum absolute atomic E-state index is 6.82. The Labute approximate surface area is 156 Å². The molecule has 0 saturated carbocycles. The standard InChI is InChI=1S/C22H33OPSi/c1-21(2,3)25(6,7)23-22(4,5)18-24(19-14-10-8-11-15-19)20-16-12-9-13-17-20/h8-17H,18H2,1-7H3. The molecule has 0 aromatic heterocycles. The van der Waals surface area contributed by atoms with E-state index in [2.05, 4.69) is 108 Å². The maximum Gasteiger partial charge on any atom is 0.192 e. The molecular formula is C22H33OPSi. The van der Waals surface area contributed by atoms with Gasteiger partial charge in [0, 0.05) is 6.16 Å². The van der Waals surface area contributed by atoms with E-state index in [0.29, 0.717) is 0 Å². The summed E-state index contributed by atoms with van der Waals surface area (Å²) in [6, 6.07) is 21.8. The summed E-state index contributed by atoms with van der Waals surface area (Å²) < 4.78 is 6.82. The van der Waals surface area contributed by atoms with Gasteiger partial charge >= 0.3 is 0 Å². The first kappa shape index (κ1) is 20.4. The monoisotopic (exact) mass is 372 g/mol. The van der Waals surface area contributed by atoms with Crippen LogP contribution in [0.1, 0.15) is 34.6 Å². The van der Waals surface area contributed by atoms with E-state index < -0.39 is 16.2 Å². The van der Waals surface area contributed by atoms with Crippen LogP contribution in [-0.2, 0) is 4.43 Å². The highest BCUT2D eigenvalue weighted by Crippen LogP contribution is 2.43. The summed E-state index contributed by atoms with van der Waals surface area (Å²) in [6.45, 7) is 16.2. The van der Waals surface area contributed by atoms with E-state index in [0.717, 1.165) is 6.16 Å². The lowest BCUT2D eigenvalue weighted by Gasteiger charge is -2.44. The molecule has 0 aliphatic carbocycles. The molecule has 3 heteroatoms. The van der Waals surface area contributed by atoms with Crippen LogP contribution in [0.25, 0.3) is 0 Å². The first-order valence-electron chi connectivity index (χ1n) is 9.10. The lowest BCUT2D eigenvalue weighted by atomic mass is 10.2. The number of hydrogen-bond acceptors (Lipinski definition) is 1. The van der Waals surface area contributed by atoms with Gasteiger partial charge in [-0.1, -0.05) is 81.4 Å². The van der Waals surface area contributed by atoms with Crippen molar-refractivity contribution in [2.24, 2.45) is 0 Å². The third-order valence-electron chi connectivity index (χ3n) is 5.01. The Morgan fingerprint density at radius 1 is 0.760 bits per heavy atom. The lowest BCUT2D eigenvalue weighted by molar-refractivity contribution is 0.116. The largest absolute Gasteiger partial charge is 0.412 e. The summed E-state index contributed by atoms with van der Waals surface area (Å²) in [4.78, 5) is 0. The predicted molar refractivity (Wildman–Crippen MR) is 116 cm³/mol. The molecule has 0 aliphatic rings. The highest BCUT2D eigenvalue weighted by atomic mass is 31.1. The Morgan fingerprint density at radius 3 is 1.52 bits per heavy atom. The fourth-order valence-corrected chi connectivity index (χ4v) is 7.24. The first-order valence-corrected chi connectivity index (χ1v) is 13.5.